The van der Waals surface area contributed by atoms with Crippen LogP contribution < -0.4 is 10.1 Å². The van der Waals surface area contributed by atoms with Gasteiger partial charge < -0.3 is 15.0 Å². The standard InChI is InChI=1S/C19H16N4O.C2H6/c1-24-15-9-5-6-13(10-15)17-11-16-18(20-12-21-19(16)23-17)22-14-7-3-2-4-8-14;1-2/h2-12H,1H3,(H2,20,21,22,23);1-2H3. The maximum absolute atomic E-state index is 5.30. The molecule has 2 aromatic carbocycles. The van der Waals surface area contributed by atoms with E-state index < -0.39 is 0 Å². The van der Waals surface area contributed by atoms with Crippen molar-refractivity contribution in [1.82, 2.24) is 15.0 Å². The summed E-state index contributed by atoms with van der Waals surface area (Å²) < 4.78 is 5.30. The number of benzene rings is 2. The number of hydrogen-bond acceptors (Lipinski definition) is 4. The molecule has 0 radical (unpaired) electrons. The van der Waals surface area contributed by atoms with Gasteiger partial charge in [-0.2, -0.15) is 0 Å². The molecule has 132 valence electrons. The number of aromatic amines is 1. The van der Waals surface area contributed by atoms with Gasteiger partial charge in [0.25, 0.3) is 0 Å². The number of nitrogens with one attached hydrogen (secondary N) is 2. The van der Waals surface area contributed by atoms with Gasteiger partial charge in [0.2, 0.25) is 0 Å². The lowest BCUT2D eigenvalue weighted by Crippen LogP contribution is -1.94. The Labute approximate surface area is 153 Å². The summed E-state index contributed by atoms with van der Waals surface area (Å²) in [5.41, 5.74) is 3.79. The lowest BCUT2D eigenvalue weighted by molar-refractivity contribution is 0.415. The molecule has 2 N–H and O–H groups in total. The highest BCUT2D eigenvalue weighted by atomic mass is 16.5. The molecule has 0 spiro atoms. The third kappa shape index (κ3) is 3.67. The van der Waals surface area contributed by atoms with E-state index in [2.05, 4.69) is 26.3 Å². The van der Waals surface area contributed by atoms with E-state index in [0.29, 0.717) is 0 Å². The number of ether oxygens (including phenoxy) is 1. The van der Waals surface area contributed by atoms with Crippen LogP contribution in [0.1, 0.15) is 13.8 Å². The van der Waals surface area contributed by atoms with Crippen LogP contribution in [-0.2, 0) is 0 Å². The number of nitrogens with zero attached hydrogens (tertiary/aromatic N) is 2. The summed E-state index contributed by atoms with van der Waals surface area (Å²) in [7, 11) is 1.66. The Hall–Kier alpha value is -3.34. The summed E-state index contributed by atoms with van der Waals surface area (Å²) in [5.74, 6) is 1.59. The summed E-state index contributed by atoms with van der Waals surface area (Å²) in [6.07, 6.45) is 1.56. The van der Waals surface area contributed by atoms with Crippen molar-refractivity contribution in [2.45, 2.75) is 13.8 Å². The molecule has 0 amide bonds. The molecule has 0 aliphatic heterocycles. The molecule has 0 saturated heterocycles. The number of anilines is 2. The van der Waals surface area contributed by atoms with Gasteiger partial charge in [-0.05, 0) is 30.3 Å². The first kappa shape index (κ1) is 17.5. The summed E-state index contributed by atoms with van der Waals surface area (Å²) in [5, 5.41) is 4.28. The average Bonchev–Trinajstić information content (AvgIpc) is 3.16. The molecule has 5 nitrogen and oxygen atoms in total. The van der Waals surface area contributed by atoms with E-state index in [1.807, 2.05) is 68.4 Å². The predicted octanol–water partition coefficient (Wildman–Crippen LogP) is 5.40. The van der Waals surface area contributed by atoms with Crippen LogP contribution in [0.2, 0.25) is 0 Å². The second-order valence-electron chi connectivity index (χ2n) is 5.39. The van der Waals surface area contributed by atoms with E-state index in [4.69, 9.17) is 4.74 Å². The number of H-pyrrole nitrogens is 1. The van der Waals surface area contributed by atoms with Crippen LogP contribution in [0.15, 0.2) is 67.0 Å². The minimum absolute atomic E-state index is 0.775. The highest BCUT2D eigenvalue weighted by molar-refractivity contribution is 5.92. The Morgan fingerprint density at radius 1 is 0.923 bits per heavy atom. The van der Waals surface area contributed by atoms with Gasteiger partial charge in [-0.25, -0.2) is 9.97 Å². The van der Waals surface area contributed by atoms with Crippen molar-refractivity contribution in [2.24, 2.45) is 0 Å². The molecule has 0 aliphatic carbocycles. The molecule has 4 aromatic rings. The molecule has 0 aliphatic rings. The third-order valence-corrected chi connectivity index (χ3v) is 3.84. The Balaban J connectivity index is 0.000000948. The summed E-state index contributed by atoms with van der Waals surface area (Å²) in [6, 6.07) is 19.9. The SMILES string of the molecule is CC.COc1cccc(-c2cc3c(Nc4ccccc4)ncnc3[nH]2)c1. The van der Waals surface area contributed by atoms with Crippen LogP contribution in [0, 0.1) is 0 Å². The lowest BCUT2D eigenvalue weighted by atomic mass is 10.1. The molecule has 2 heterocycles. The van der Waals surface area contributed by atoms with Crippen LogP contribution in [0.25, 0.3) is 22.3 Å². The Kier molecular flexibility index (Phi) is 5.49. The number of rotatable bonds is 4. The van der Waals surface area contributed by atoms with E-state index in [1.165, 1.54) is 0 Å². The third-order valence-electron chi connectivity index (χ3n) is 3.84. The second-order valence-corrected chi connectivity index (χ2v) is 5.39. The van der Waals surface area contributed by atoms with Gasteiger partial charge in [0.05, 0.1) is 12.5 Å². The minimum atomic E-state index is 0.775. The van der Waals surface area contributed by atoms with Gasteiger partial charge in [-0.3, -0.25) is 0 Å². The van der Waals surface area contributed by atoms with Crippen molar-refractivity contribution in [1.29, 1.82) is 0 Å². The Morgan fingerprint density at radius 2 is 1.73 bits per heavy atom. The number of para-hydroxylation sites is 1. The van der Waals surface area contributed by atoms with Crippen molar-refractivity contribution in [3.05, 3.63) is 67.0 Å². The molecular formula is C21H22N4O. The first-order valence-electron chi connectivity index (χ1n) is 8.64. The highest BCUT2D eigenvalue weighted by Gasteiger charge is 2.10. The number of fused-ring (bicyclic) bond motifs is 1. The quantitative estimate of drug-likeness (QED) is 0.519. The zero-order valence-electron chi connectivity index (χ0n) is 15.2. The topological polar surface area (TPSA) is 62.8 Å². The zero-order valence-corrected chi connectivity index (χ0v) is 15.2. The van der Waals surface area contributed by atoms with E-state index >= 15 is 0 Å². The fourth-order valence-corrected chi connectivity index (χ4v) is 2.64. The summed E-state index contributed by atoms with van der Waals surface area (Å²) in [6.45, 7) is 4.00. The van der Waals surface area contributed by atoms with Crippen LogP contribution in [0.3, 0.4) is 0 Å². The molecule has 0 fully saturated rings. The molecule has 2 aromatic heterocycles. The van der Waals surface area contributed by atoms with Crippen LogP contribution in [0.4, 0.5) is 11.5 Å². The van der Waals surface area contributed by atoms with Crippen molar-refractivity contribution in [2.75, 3.05) is 12.4 Å². The fourth-order valence-electron chi connectivity index (χ4n) is 2.64. The predicted molar refractivity (Wildman–Crippen MR) is 107 cm³/mol. The molecule has 4 rings (SSSR count). The fraction of sp³-hybridized carbons (Fsp3) is 0.143. The van der Waals surface area contributed by atoms with E-state index in [1.54, 1.807) is 13.4 Å². The maximum Gasteiger partial charge on any atom is 0.143 e. The number of hydrogen-bond donors (Lipinski definition) is 2. The molecule has 26 heavy (non-hydrogen) atoms. The zero-order chi connectivity index (χ0) is 18.4. The molecular weight excluding hydrogens is 324 g/mol. The molecule has 0 saturated carbocycles. The maximum atomic E-state index is 5.30. The molecule has 0 atom stereocenters. The van der Waals surface area contributed by atoms with Crippen molar-refractivity contribution < 1.29 is 4.74 Å². The van der Waals surface area contributed by atoms with E-state index in [9.17, 15) is 0 Å². The van der Waals surface area contributed by atoms with Gasteiger partial charge in [0, 0.05) is 16.9 Å². The Bertz CT molecular complexity index is 980. The first-order valence-corrected chi connectivity index (χ1v) is 8.64. The molecule has 5 heteroatoms. The van der Waals surface area contributed by atoms with Gasteiger partial charge in [0.1, 0.15) is 23.5 Å². The largest absolute Gasteiger partial charge is 0.497 e. The number of aromatic nitrogens is 3. The van der Waals surface area contributed by atoms with Gasteiger partial charge >= 0.3 is 0 Å². The highest BCUT2D eigenvalue weighted by Crippen LogP contribution is 2.29. The lowest BCUT2D eigenvalue weighted by Gasteiger charge is -2.05. The number of methoxy groups -OCH3 is 1. The Morgan fingerprint density at radius 3 is 2.50 bits per heavy atom. The smallest absolute Gasteiger partial charge is 0.143 e. The molecule has 0 unspecified atom stereocenters. The van der Waals surface area contributed by atoms with Crippen LogP contribution in [-0.4, -0.2) is 22.1 Å². The van der Waals surface area contributed by atoms with E-state index in [-0.39, 0.29) is 0 Å². The van der Waals surface area contributed by atoms with Crippen LogP contribution >= 0.6 is 0 Å². The monoisotopic (exact) mass is 346 g/mol. The minimum Gasteiger partial charge on any atom is -0.497 e. The van der Waals surface area contributed by atoms with Crippen molar-refractivity contribution in [3.8, 4) is 17.0 Å². The summed E-state index contributed by atoms with van der Waals surface area (Å²) >= 11 is 0. The van der Waals surface area contributed by atoms with Crippen LogP contribution in [0.5, 0.6) is 5.75 Å². The summed E-state index contributed by atoms with van der Waals surface area (Å²) in [4.78, 5) is 12.1. The average molecular weight is 346 g/mol. The second kappa shape index (κ2) is 8.16. The van der Waals surface area contributed by atoms with Crippen molar-refractivity contribution in [3.63, 3.8) is 0 Å². The normalized spacial score (nSPS) is 10.1. The van der Waals surface area contributed by atoms with E-state index in [0.717, 1.165) is 39.5 Å². The van der Waals surface area contributed by atoms with Gasteiger partial charge in [-0.15, -0.1) is 0 Å². The van der Waals surface area contributed by atoms with Gasteiger partial charge in [0.15, 0.2) is 0 Å². The van der Waals surface area contributed by atoms with Crippen molar-refractivity contribution >= 4 is 22.5 Å². The van der Waals surface area contributed by atoms with Gasteiger partial charge in [-0.1, -0.05) is 44.2 Å². The molecule has 0 bridgehead atoms. The first-order chi connectivity index (χ1) is 12.8.